The highest BCUT2D eigenvalue weighted by molar-refractivity contribution is 6.05. The minimum atomic E-state index is -1.05. The first-order valence-corrected chi connectivity index (χ1v) is 14.8. The van der Waals surface area contributed by atoms with Crippen molar-refractivity contribution >= 4 is 23.4 Å². The Bertz CT molecular complexity index is 1340. The lowest BCUT2D eigenvalue weighted by Gasteiger charge is -2.38. The summed E-state index contributed by atoms with van der Waals surface area (Å²) in [5.41, 5.74) is 3.28. The fourth-order valence-corrected chi connectivity index (χ4v) is 7.64. The monoisotopic (exact) mass is 543 g/mol. The maximum absolute atomic E-state index is 13.0. The number of benzene rings is 1. The summed E-state index contributed by atoms with van der Waals surface area (Å²) < 4.78 is 0. The number of piperidine rings is 3. The largest absolute Gasteiger partial charge is 0.383 e. The fourth-order valence-electron chi connectivity index (χ4n) is 7.64. The molecule has 1 aromatic heterocycles. The molecule has 7 rings (SSSR count). The molecule has 6 heterocycles. The number of fused-ring (bicyclic) bond motifs is 3. The van der Waals surface area contributed by atoms with E-state index in [4.69, 9.17) is 4.98 Å². The number of hydrogen-bond donors (Lipinski definition) is 2. The number of nitrogens with one attached hydrogen (secondary N) is 1. The molecule has 2 bridgehead atoms. The lowest BCUT2D eigenvalue weighted by Crippen LogP contribution is -2.52. The van der Waals surface area contributed by atoms with E-state index in [9.17, 15) is 19.5 Å². The molecule has 5 aliphatic rings. The van der Waals surface area contributed by atoms with Crippen molar-refractivity contribution in [3.63, 3.8) is 0 Å². The number of carbonyl (C=O) groups is 3. The Balaban J connectivity index is 1.00. The van der Waals surface area contributed by atoms with E-state index in [1.165, 1.54) is 48.3 Å². The Morgan fingerprint density at radius 3 is 2.50 bits per heavy atom. The number of aromatic nitrogens is 1. The summed E-state index contributed by atoms with van der Waals surface area (Å²) >= 11 is 0. The summed E-state index contributed by atoms with van der Waals surface area (Å²) in [6.45, 7) is 2.59. The number of imide groups is 1. The van der Waals surface area contributed by atoms with E-state index < -0.39 is 17.6 Å². The van der Waals surface area contributed by atoms with Gasteiger partial charge >= 0.3 is 0 Å². The highest BCUT2D eigenvalue weighted by Crippen LogP contribution is 2.40. The molecule has 5 aliphatic heterocycles. The Morgan fingerprint density at radius 2 is 1.75 bits per heavy atom. The van der Waals surface area contributed by atoms with Crippen LogP contribution in [-0.2, 0) is 28.3 Å². The van der Waals surface area contributed by atoms with Crippen molar-refractivity contribution in [3.8, 4) is 0 Å². The third-order valence-electron chi connectivity index (χ3n) is 9.84. The number of anilines is 1. The second kappa shape index (κ2) is 9.96. The molecule has 2 aromatic rings. The van der Waals surface area contributed by atoms with Crippen molar-refractivity contribution in [1.29, 1.82) is 0 Å². The van der Waals surface area contributed by atoms with E-state index >= 15 is 0 Å². The number of carbonyl (C=O) groups excluding carboxylic acids is 3. The molecule has 4 saturated heterocycles. The molecule has 0 saturated carbocycles. The summed E-state index contributed by atoms with van der Waals surface area (Å²) in [5.74, 6) is -0.983. The van der Waals surface area contributed by atoms with Crippen molar-refractivity contribution in [1.82, 2.24) is 20.1 Å². The lowest BCUT2D eigenvalue weighted by molar-refractivity contribution is -0.136. The van der Waals surface area contributed by atoms with Crippen molar-refractivity contribution in [2.24, 2.45) is 0 Å². The second-order valence-electron chi connectivity index (χ2n) is 12.3. The number of rotatable bonds is 5. The zero-order chi connectivity index (χ0) is 27.4. The van der Waals surface area contributed by atoms with Gasteiger partial charge in [0, 0.05) is 43.8 Å². The standard InChI is InChI=1S/C31H37N5O4/c37-28-12-10-26(29(38)33-28)35-19-25-24(30(35)39)9-11-27(32-25)31(40)13-15-34(16-14-31)18-20-3-1-6-23(17-20)36-21-4-2-5-22(36)8-7-21/h1,3,6,9,11,17,21-22,26,40H,2,4-5,7-8,10,12-16,18-19H2,(H,33,37,38)/t21-,22+,26?. The van der Waals surface area contributed by atoms with Crippen molar-refractivity contribution in [2.75, 3.05) is 18.0 Å². The molecule has 2 N–H and O–H groups in total. The van der Waals surface area contributed by atoms with Gasteiger partial charge in [-0.25, -0.2) is 0 Å². The van der Waals surface area contributed by atoms with Gasteiger partial charge in [0.1, 0.15) is 11.6 Å². The molecule has 210 valence electrons. The SMILES string of the molecule is O=C1CCC(N2Cc3nc(C4(O)CCN(Cc5cccc(N6[C@@H]7CCC[C@H]6CC7)c5)CC4)ccc3C2=O)C(=O)N1. The number of hydrogen-bond acceptors (Lipinski definition) is 7. The zero-order valence-corrected chi connectivity index (χ0v) is 22.8. The summed E-state index contributed by atoms with van der Waals surface area (Å²) in [7, 11) is 0. The second-order valence-corrected chi connectivity index (χ2v) is 12.3. The van der Waals surface area contributed by atoms with Crippen LogP contribution in [0.5, 0.6) is 0 Å². The number of nitrogens with zero attached hydrogens (tertiary/aromatic N) is 4. The molecule has 40 heavy (non-hydrogen) atoms. The van der Waals surface area contributed by atoms with Crippen molar-refractivity contribution < 1.29 is 19.5 Å². The van der Waals surface area contributed by atoms with Gasteiger partial charge in [-0.3, -0.25) is 29.6 Å². The Morgan fingerprint density at radius 1 is 0.975 bits per heavy atom. The smallest absolute Gasteiger partial charge is 0.256 e. The molecule has 4 fully saturated rings. The minimum Gasteiger partial charge on any atom is -0.383 e. The lowest BCUT2D eigenvalue weighted by atomic mass is 9.87. The van der Waals surface area contributed by atoms with E-state index in [2.05, 4.69) is 39.4 Å². The molecule has 3 amide bonds. The van der Waals surface area contributed by atoms with Gasteiger partial charge in [0.25, 0.3) is 5.91 Å². The average Bonchev–Trinajstić information content (AvgIpc) is 3.41. The fraction of sp³-hybridized carbons (Fsp3) is 0.548. The molecule has 3 atom stereocenters. The van der Waals surface area contributed by atoms with Crippen LogP contribution in [0.25, 0.3) is 0 Å². The molecule has 9 heteroatoms. The molecule has 1 aromatic carbocycles. The number of pyridine rings is 1. The van der Waals surface area contributed by atoms with Crippen LogP contribution in [0.4, 0.5) is 5.69 Å². The number of aliphatic hydroxyl groups is 1. The maximum Gasteiger partial charge on any atom is 0.256 e. The van der Waals surface area contributed by atoms with E-state index in [1.807, 2.05) is 0 Å². The van der Waals surface area contributed by atoms with Gasteiger partial charge in [-0.1, -0.05) is 12.1 Å². The summed E-state index contributed by atoms with van der Waals surface area (Å²) in [6.07, 6.45) is 8.29. The number of amides is 3. The molecule has 0 radical (unpaired) electrons. The van der Waals surface area contributed by atoms with Crippen molar-refractivity contribution in [2.45, 2.75) is 94.6 Å². The quantitative estimate of drug-likeness (QED) is 0.559. The summed E-state index contributed by atoms with van der Waals surface area (Å²) in [4.78, 5) is 48.2. The van der Waals surface area contributed by atoms with Crippen LogP contribution in [-0.4, -0.2) is 68.8 Å². The van der Waals surface area contributed by atoms with Gasteiger partial charge in [0.05, 0.1) is 23.5 Å². The normalized spacial score (nSPS) is 28.1. The van der Waals surface area contributed by atoms with Crippen LogP contribution in [0.3, 0.4) is 0 Å². The first kappa shape index (κ1) is 25.7. The van der Waals surface area contributed by atoms with Crippen LogP contribution in [0, 0.1) is 0 Å². The molecular weight excluding hydrogens is 506 g/mol. The van der Waals surface area contributed by atoms with Crippen LogP contribution in [0.2, 0.25) is 0 Å². The van der Waals surface area contributed by atoms with E-state index in [0.29, 0.717) is 48.3 Å². The van der Waals surface area contributed by atoms with Crippen LogP contribution in [0.15, 0.2) is 36.4 Å². The zero-order valence-electron chi connectivity index (χ0n) is 22.8. The number of likely N-dealkylation sites (tertiary alicyclic amines) is 1. The average molecular weight is 544 g/mol. The first-order valence-electron chi connectivity index (χ1n) is 14.8. The first-order chi connectivity index (χ1) is 19.4. The summed E-state index contributed by atoms with van der Waals surface area (Å²) in [5, 5.41) is 13.9. The van der Waals surface area contributed by atoms with Crippen LogP contribution >= 0.6 is 0 Å². The van der Waals surface area contributed by atoms with Gasteiger partial charge < -0.3 is 14.9 Å². The third-order valence-corrected chi connectivity index (χ3v) is 9.84. The highest BCUT2D eigenvalue weighted by Gasteiger charge is 2.42. The predicted octanol–water partition coefficient (Wildman–Crippen LogP) is 2.85. The molecule has 1 unspecified atom stereocenters. The Hall–Kier alpha value is -3.30. The van der Waals surface area contributed by atoms with Crippen LogP contribution in [0.1, 0.15) is 85.1 Å². The molecular formula is C31H37N5O4. The van der Waals surface area contributed by atoms with Gasteiger partial charge in [-0.2, -0.15) is 0 Å². The van der Waals surface area contributed by atoms with E-state index in [1.54, 1.807) is 12.1 Å². The van der Waals surface area contributed by atoms with Gasteiger partial charge in [0.15, 0.2) is 0 Å². The van der Waals surface area contributed by atoms with Crippen molar-refractivity contribution in [3.05, 3.63) is 58.9 Å². The minimum absolute atomic E-state index is 0.214. The molecule has 0 aliphatic carbocycles. The van der Waals surface area contributed by atoms with E-state index in [0.717, 1.165) is 19.6 Å². The third kappa shape index (κ3) is 4.49. The summed E-state index contributed by atoms with van der Waals surface area (Å²) in [6, 6.07) is 13.3. The highest BCUT2D eigenvalue weighted by atomic mass is 16.3. The topological polar surface area (TPSA) is 106 Å². The maximum atomic E-state index is 13.0. The van der Waals surface area contributed by atoms with Gasteiger partial charge in [-0.05, 0) is 81.2 Å². The van der Waals surface area contributed by atoms with Crippen LogP contribution < -0.4 is 10.2 Å². The predicted molar refractivity (Wildman–Crippen MR) is 148 cm³/mol. The van der Waals surface area contributed by atoms with Gasteiger partial charge in [0.2, 0.25) is 11.8 Å². The van der Waals surface area contributed by atoms with E-state index in [-0.39, 0.29) is 24.8 Å². The Kier molecular flexibility index (Phi) is 6.39. The molecule has 9 nitrogen and oxygen atoms in total. The molecule has 0 spiro atoms. The Labute approximate surface area is 234 Å². The van der Waals surface area contributed by atoms with Gasteiger partial charge in [-0.15, -0.1) is 0 Å².